The van der Waals surface area contributed by atoms with E-state index in [0.717, 1.165) is 0 Å². The smallest absolute Gasteiger partial charge is 0.326 e. The average Bonchev–Trinajstić information content (AvgIpc) is 3.35. The minimum absolute atomic E-state index is 0.0320. The van der Waals surface area contributed by atoms with E-state index in [4.69, 9.17) is 34.4 Å². The maximum Gasteiger partial charge on any atom is 0.326 e. The highest BCUT2D eigenvalue weighted by Gasteiger charge is 2.37. The summed E-state index contributed by atoms with van der Waals surface area (Å²) in [4.78, 5) is 153. The molecule has 0 aromatic rings. The number of unbranched alkanes of at least 4 members (excludes halogenated alkanes) is 1. The van der Waals surface area contributed by atoms with E-state index in [0.29, 0.717) is 19.3 Å². The van der Waals surface area contributed by atoms with Crippen LogP contribution < -0.4 is 76.9 Å². The molecular formula is C47H86N16O15. The molecule has 8 amide bonds. The van der Waals surface area contributed by atoms with E-state index in [1.165, 1.54) is 6.92 Å². The lowest BCUT2D eigenvalue weighted by Crippen LogP contribution is -2.62. The van der Waals surface area contributed by atoms with Crippen molar-refractivity contribution in [2.75, 3.05) is 26.2 Å². The van der Waals surface area contributed by atoms with Gasteiger partial charge in [0.25, 0.3) is 0 Å². The van der Waals surface area contributed by atoms with Gasteiger partial charge in [-0.2, -0.15) is 0 Å². The number of carbonyl (C=O) groups excluding carboxylic acids is 8. The Morgan fingerprint density at radius 2 is 0.833 bits per heavy atom. The molecule has 0 spiro atoms. The van der Waals surface area contributed by atoms with Crippen LogP contribution in [0.4, 0.5) is 0 Å². The van der Waals surface area contributed by atoms with Gasteiger partial charge in [-0.25, -0.2) is 4.79 Å². The van der Waals surface area contributed by atoms with Crippen molar-refractivity contribution in [2.24, 2.45) is 62.1 Å². The van der Waals surface area contributed by atoms with E-state index in [1.54, 1.807) is 34.6 Å². The molecule has 0 aliphatic heterocycles. The molecule has 11 atom stereocenters. The van der Waals surface area contributed by atoms with Gasteiger partial charge in [-0.3, -0.25) is 57.9 Å². The molecule has 0 fully saturated rings. The van der Waals surface area contributed by atoms with Crippen LogP contribution in [0.5, 0.6) is 0 Å². The van der Waals surface area contributed by atoms with Crippen molar-refractivity contribution < 1.29 is 73.2 Å². The number of aliphatic imine (C=N–C) groups is 2. The Bertz CT molecular complexity index is 2070. The highest BCUT2D eigenvalue weighted by atomic mass is 16.4. The molecule has 0 heterocycles. The van der Waals surface area contributed by atoms with E-state index < -0.39 is 151 Å². The predicted octanol–water partition coefficient (Wildman–Crippen LogP) is -5.41. The number of carboxylic acid groups (broad SMARTS) is 3. The topological polar surface area (TPSA) is 546 Å². The van der Waals surface area contributed by atoms with Gasteiger partial charge in [0.2, 0.25) is 47.3 Å². The van der Waals surface area contributed by atoms with Crippen LogP contribution >= 0.6 is 0 Å². The zero-order valence-electron chi connectivity index (χ0n) is 45.4. The van der Waals surface area contributed by atoms with E-state index in [2.05, 4.69) is 52.5 Å². The van der Waals surface area contributed by atoms with Crippen LogP contribution in [-0.2, 0) is 52.7 Å². The zero-order valence-corrected chi connectivity index (χ0v) is 45.4. The van der Waals surface area contributed by atoms with Crippen molar-refractivity contribution in [3.8, 4) is 0 Å². The Morgan fingerprint density at radius 1 is 0.462 bits per heavy atom. The second-order valence-corrected chi connectivity index (χ2v) is 19.2. The molecule has 31 heteroatoms. The second-order valence-electron chi connectivity index (χ2n) is 19.2. The molecule has 24 N–H and O–H groups in total. The number of nitrogens with two attached hydrogens (primary N) is 6. The first-order valence-electron chi connectivity index (χ1n) is 25.8. The maximum atomic E-state index is 14.1. The molecule has 0 bridgehead atoms. The molecule has 0 aromatic carbocycles. The molecule has 0 rings (SSSR count). The first-order valence-corrected chi connectivity index (χ1v) is 25.8. The summed E-state index contributed by atoms with van der Waals surface area (Å²) in [7, 11) is 0. The van der Waals surface area contributed by atoms with Gasteiger partial charge in [0, 0.05) is 13.1 Å². The van der Waals surface area contributed by atoms with Crippen molar-refractivity contribution in [2.45, 2.75) is 173 Å². The lowest BCUT2D eigenvalue weighted by molar-refractivity contribution is -0.145. The largest absolute Gasteiger partial charge is 0.481 e. The van der Waals surface area contributed by atoms with Crippen LogP contribution in [0.2, 0.25) is 0 Å². The van der Waals surface area contributed by atoms with Gasteiger partial charge in [0.15, 0.2) is 11.9 Å². The van der Waals surface area contributed by atoms with Crippen molar-refractivity contribution in [3.05, 3.63) is 0 Å². The summed E-state index contributed by atoms with van der Waals surface area (Å²) in [5, 5.41) is 58.4. The van der Waals surface area contributed by atoms with Gasteiger partial charge in [-0.1, -0.05) is 54.4 Å². The highest BCUT2D eigenvalue weighted by molar-refractivity contribution is 5.99. The number of guanidine groups is 2. The second kappa shape index (κ2) is 37.4. The minimum Gasteiger partial charge on any atom is -0.481 e. The number of carboxylic acids is 3. The summed E-state index contributed by atoms with van der Waals surface area (Å²) in [6.07, 6.45) is -0.517. The van der Waals surface area contributed by atoms with Crippen LogP contribution in [0, 0.1) is 17.8 Å². The van der Waals surface area contributed by atoms with E-state index in [-0.39, 0.29) is 82.4 Å². The van der Waals surface area contributed by atoms with Crippen LogP contribution in [0.3, 0.4) is 0 Å². The fourth-order valence-corrected chi connectivity index (χ4v) is 7.37. The Balaban J connectivity index is 6.63. The number of hydrogen-bond donors (Lipinski definition) is 18. The Morgan fingerprint density at radius 3 is 1.26 bits per heavy atom. The number of nitrogens with one attached hydrogen (secondary N) is 8. The van der Waals surface area contributed by atoms with Crippen LogP contribution in [-0.4, -0.2) is 178 Å². The number of hydrogen-bond acceptors (Lipinski definition) is 16. The molecule has 0 saturated heterocycles. The molecule has 0 radical (unpaired) electrons. The van der Waals surface area contributed by atoms with E-state index in [1.807, 2.05) is 0 Å². The first-order chi connectivity index (χ1) is 36.5. The Hall–Kier alpha value is -7.41. The number of aliphatic hydroxyl groups excluding tert-OH is 1. The lowest BCUT2D eigenvalue weighted by atomic mass is 9.96. The van der Waals surface area contributed by atoms with Gasteiger partial charge in [-0.05, 0) is 75.7 Å². The quantitative estimate of drug-likeness (QED) is 0.0155. The third kappa shape index (κ3) is 28.1. The SMILES string of the molecule is CC[C@H](C)[C@H](NC(=O)[C@H](CC(=O)O)NC(=O)[C@H](CCCCN)NC(=O)[C@@H](NC(=O)[C@H](CC(=O)O)NC(=O)[C@H](CO)NC(=O)[C@H](CC(C)C)NC(=O)[C@H](CCCN=C(N)N)NC(=O)[C@@H](N)CCCN=C(N)N)[C@@H](C)CC)C(=O)O. The molecular weight excluding hydrogens is 1030 g/mol. The third-order valence-electron chi connectivity index (χ3n) is 12.2. The Kier molecular flexibility index (Phi) is 33.8. The third-order valence-corrected chi connectivity index (χ3v) is 12.2. The summed E-state index contributed by atoms with van der Waals surface area (Å²) in [5.41, 5.74) is 33.2. The lowest BCUT2D eigenvalue weighted by Gasteiger charge is -2.29. The van der Waals surface area contributed by atoms with Gasteiger partial charge < -0.3 is 97.4 Å². The number of aliphatic hydroxyl groups is 1. The molecule has 0 aliphatic rings. The number of rotatable bonds is 40. The van der Waals surface area contributed by atoms with Crippen LogP contribution in [0.1, 0.15) is 119 Å². The summed E-state index contributed by atoms with van der Waals surface area (Å²) in [6, 6.07) is -13.9. The molecule has 0 unspecified atom stereocenters. The van der Waals surface area contributed by atoms with Crippen LogP contribution in [0.15, 0.2) is 9.98 Å². The molecule has 0 aromatic heterocycles. The minimum atomic E-state index is -1.96. The van der Waals surface area contributed by atoms with Crippen LogP contribution in [0.25, 0.3) is 0 Å². The van der Waals surface area contributed by atoms with Gasteiger partial charge in [-0.15, -0.1) is 0 Å². The van der Waals surface area contributed by atoms with Gasteiger partial charge in [0.05, 0.1) is 25.5 Å². The van der Waals surface area contributed by atoms with Crippen molar-refractivity contribution in [1.82, 2.24) is 42.5 Å². The van der Waals surface area contributed by atoms with E-state index >= 15 is 0 Å². The first kappa shape index (κ1) is 70.6. The fourth-order valence-electron chi connectivity index (χ4n) is 7.37. The monoisotopic (exact) mass is 1110 g/mol. The number of amides is 8. The highest BCUT2D eigenvalue weighted by Crippen LogP contribution is 2.14. The normalized spacial score (nSPS) is 15.3. The van der Waals surface area contributed by atoms with Crippen molar-refractivity contribution in [3.63, 3.8) is 0 Å². The van der Waals surface area contributed by atoms with Crippen molar-refractivity contribution in [1.29, 1.82) is 0 Å². The number of carbonyl (C=O) groups is 11. The predicted molar refractivity (Wildman–Crippen MR) is 284 cm³/mol. The average molecular weight is 1120 g/mol. The summed E-state index contributed by atoms with van der Waals surface area (Å²) in [6.45, 7) is 9.13. The molecule has 78 heavy (non-hydrogen) atoms. The fraction of sp³-hybridized carbons (Fsp3) is 0.723. The standard InChI is InChI=1S/C47H86N16O15/c1-7-24(5)35(44(76)57-27(14-9-10-16-48)38(70)59-31(21-34(67)68)42(74)63-36(45(77)78)25(6)8-2)62-41(73)30(20-33(65)66)60-43(75)32(22-64)61-40(72)29(19-23(3)4)58-39(71)28(15-12-18-55-47(52)53)56-37(69)26(49)13-11-17-54-46(50)51/h23-32,35-36,64H,7-22,48-49H2,1-6H3,(H,56,69)(H,57,76)(H,58,71)(H,59,70)(H,60,75)(H,61,72)(H,62,73)(H,63,74)(H,65,66)(H,67,68)(H,77,78)(H4,50,51,54)(H4,52,53,55)/t24-,25-,26-,27-,28-,29-,30-,31-,32-,35-,36-/m0/s1. The van der Waals surface area contributed by atoms with Gasteiger partial charge in [0.1, 0.15) is 48.3 Å². The molecule has 444 valence electrons. The van der Waals surface area contributed by atoms with E-state index in [9.17, 15) is 73.2 Å². The maximum absolute atomic E-state index is 14.1. The number of aliphatic carboxylic acids is 3. The summed E-state index contributed by atoms with van der Waals surface area (Å²) in [5.74, 6) is -14.7. The van der Waals surface area contributed by atoms with Gasteiger partial charge >= 0.3 is 17.9 Å². The molecule has 0 aliphatic carbocycles. The summed E-state index contributed by atoms with van der Waals surface area (Å²) >= 11 is 0. The summed E-state index contributed by atoms with van der Waals surface area (Å²) < 4.78 is 0. The zero-order chi connectivity index (χ0) is 59.8. The Labute approximate surface area is 453 Å². The van der Waals surface area contributed by atoms with Crippen molar-refractivity contribution >= 4 is 77.1 Å². The number of nitrogens with zero attached hydrogens (tertiary/aromatic N) is 2. The molecule has 31 nitrogen and oxygen atoms in total. The molecule has 0 saturated carbocycles.